The Labute approximate surface area is 105 Å². The first-order valence-corrected chi connectivity index (χ1v) is 6.60. The maximum atomic E-state index is 11.9. The lowest BCUT2D eigenvalue weighted by atomic mass is 10.1. The fraction of sp³-hybridized carbons (Fsp3) is 0.462. The zero-order chi connectivity index (χ0) is 11.5. The topological polar surface area (TPSA) is 29.1 Å². The van der Waals surface area contributed by atoms with E-state index in [4.69, 9.17) is 0 Å². The molecule has 0 aliphatic heterocycles. The number of rotatable bonds is 2. The number of halogens is 1. The summed E-state index contributed by atoms with van der Waals surface area (Å²) in [5, 5.41) is 3.08. The Morgan fingerprint density at radius 2 is 2.00 bits per heavy atom. The van der Waals surface area contributed by atoms with Crippen molar-refractivity contribution < 1.29 is 4.79 Å². The quantitative estimate of drug-likeness (QED) is 0.830. The molecule has 0 spiro atoms. The van der Waals surface area contributed by atoms with E-state index in [-0.39, 0.29) is 11.9 Å². The van der Waals surface area contributed by atoms with Gasteiger partial charge >= 0.3 is 0 Å². The highest BCUT2D eigenvalue weighted by atomic mass is 79.9. The maximum Gasteiger partial charge on any atom is 0.251 e. The van der Waals surface area contributed by atoms with Crippen molar-refractivity contribution in [1.82, 2.24) is 5.32 Å². The molecule has 1 aliphatic rings. The molecule has 2 atom stereocenters. The normalized spacial score (nSPS) is 24.4. The zero-order valence-electron chi connectivity index (χ0n) is 9.37. The number of hydrogen-bond acceptors (Lipinski definition) is 1. The van der Waals surface area contributed by atoms with E-state index < -0.39 is 0 Å². The molecule has 86 valence electrons. The fourth-order valence-corrected chi connectivity index (χ4v) is 2.75. The molecule has 0 radical (unpaired) electrons. The largest absolute Gasteiger partial charge is 0.348 e. The fourth-order valence-electron chi connectivity index (χ4n) is 2.03. The predicted molar refractivity (Wildman–Crippen MR) is 69.0 cm³/mol. The summed E-state index contributed by atoms with van der Waals surface area (Å²) in [6, 6.07) is 7.98. The molecule has 2 unspecified atom stereocenters. The van der Waals surface area contributed by atoms with Gasteiger partial charge in [-0.25, -0.2) is 0 Å². The van der Waals surface area contributed by atoms with Crippen molar-refractivity contribution in [2.75, 3.05) is 0 Å². The lowest BCUT2D eigenvalue weighted by molar-refractivity contribution is 0.0939. The van der Waals surface area contributed by atoms with Gasteiger partial charge in [-0.2, -0.15) is 0 Å². The molecular formula is C13H16BrNO. The Morgan fingerprint density at radius 1 is 1.31 bits per heavy atom. The second-order valence-corrected chi connectivity index (χ2v) is 5.57. The van der Waals surface area contributed by atoms with E-state index in [1.807, 2.05) is 31.2 Å². The van der Waals surface area contributed by atoms with E-state index in [2.05, 4.69) is 21.2 Å². The van der Waals surface area contributed by atoms with Crippen LogP contribution in [-0.2, 0) is 0 Å². The Bertz CT molecular complexity index is 374. The van der Waals surface area contributed by atoms with Crippen molar-refractivity contribution in [3.8, 4) is 0 Å². The molecule has 0 aromatic heterocycles. The number of carbonyl (C=O) groups is 1. The van der Waals surface area contributed by atoms with E-state index >= 15 is 0 Å². The molecule has 1 aromatic carbocycles. The Hall–Kier alpha value is -0.830. The van der Waals surface area contributed by atoms with Gasteiger partial charge < -0.3 is 5.32 Å². The van der Waals surface area contributed by atoms with Crippen LogP contribution in [0.25, 0.3) is 0 Å². The van der Waals surface area contributed by atoms with Crippen LogP contribution in [-0.4, -0.2) is 16.8 Å². The van der Waals surface area contributed by atoms with Gasteiger partial charge in [0.15, 0.2) is 0 Å². The minimum Gasteiger partial charge on any atom is -0.348 e. The van der Waals surface area contributed by atoms with Gasteiger partial charge in [-0.3, -0.25) is 4.79 Å². The van der Waals surface area contributed by atoms with Gasteiger partial charge in [0, 0.05) is 16.4 Å². The molecular weight excluding hydrogens is 266 g/mol. The van der Waals surface area contributed by atoms with Crippen molar-refractivity contribution in [3.05, 3.63) is 35.4 Å². The molecule has 1 aromatic rings. The minimum absolute atomic E-state index is 0.0383. The summed E-state index contributed by atoms with van der Waals surface area (Å²) in [4.78, 5) is 12.4. The second kappa shape index (κ2) is 5.00. The van der Waals surface area contributed by atoms with E-state index in [1.54, 1.807) is 0 Å². The summed E-state index contributed by atoms with van der Waals surface area (Å²) in [5.41, 5.74) is 1.92. The molecule has 0 heterocycles. The summed E-state index contributed by atoms with van der Waals surface area (Å²) in [7, 11) is 0. The van der Waals surface area contributed by atoms with Crippen LogP contribution in [0.1, 0.15) is 35.2 Å². The Morgan fingerprint density at radius 3 is 2.56 bits per heavy atom. The lowest BCUT2D eigenvalue weighted by Gasteiger charge is -2.16. The number of hydrogen-bond donors (Lipinski definition) is 1. The summed E-state index contributed by atoms with van der Waals surface area (Å²) in [5.74, 6) is 0.0383. The van der Waals surface area contributed by atoms with Gasteiger partial charge in [-0.1, -0.05) is 40.0 Å². The van der Waals surface area contributed by atoms with Crippen molar-refractivity contribution in [2.24, 2.45) is 0 Å². The molecule has 1 N–H and O–H groups in total. The highest BCUT2D eigenvalue weighted by Crippen LogP contribution is 2.25. The van der Waals surface area contributed by atoms with Crippen LogP contribution in [0.4, 0.5) is 0 Å². The third kappa shape index (κ3) is 2.64. The van der Waals surface area contributed by atoms with Gasteiger partial charge in [0.25, 0.3) is 5.91 Å². The van der Waals surface area contributed by atoms with E-state index in [1.165, 1.54) is 12.0 Å². The highest BCUT2D eigenvalue weighted by Gasteiger charge is 2.26. The summed E-state index contributed by atoms with van der Waals surface area (Å²) < 4.78 is 0. The molecule has 1 aliphatic carbocycles. The van der Waals surface area contributed by atoms with Crippen LogP contribution in [0.15, 0.2) is 24.3 Å². The number of alkyl halides is 1. The first kappa shape index (κ1) is 11.6. The summed E-state index contributed by atoms with van der Waals surface area (Å²) in [6.45, 7) is 2.02. The lowest BCUT2D eigenvalue weighted by Crippen LogP contribution is -2.37. The minimum atomic E-state index is 0.0383. The molecule has 1 saturated carbocycles. The molecule has 1 amide bonds. The number of benzene rings is 1. The average Bonchev–Trinajstić information content (AvgIpc) is 2.65. The van der Waals surface area contributed by atoms with Crippen molar-refractivity contribution in [1.29, 1.82) is 0 Å². The average molecular weight is 282 g/mol. The van der Waals surface area contributed by atoms with Gasteiger partial charge in [0.2, 0.25) is 0 Å². The zero-order valence-corrected chi connectivity index (χ0v) is 11.0. The molecule has 3 heteroatoms. The molecule has 0 saturated heterocycles. The molecule has 16 heavy (non-hydrogen) atoms. The van der Waals surface area contributed by atoms with Gasteiger partial charge in [-0.15, -0.1) is 0 Å². The monoisotopic (exact) mass is 281 g/mol. The van der Waals surface area contributed by atoms with Gasteiger partial charge in [0.05, 0.1) is 0 Å². The first-order valence-electron chi connectivity index (χ1n) is 5.68. The molecule has 2 nitrogen and oxygen atoms in total. The smallest absolute Gasteiger partial charge is 0.251 e. The van der Waals surface area contributed by atoms with Crippen LogP contribution >= 0.6 is 15.9 Å². The van der Waals surface area contributed by atoms with Crippen LogP contribution < -0.4 is 5.32 Å². The summed E-state index contributed by atoms with van der Waals surface area (Å²) >= 11 is 3.60. The van der Waals surface area contributed by atoms with Crippen molar-refractivity contribution in [2.45, 2.75) is 37.1 Å². The Kier molecular flexibility index (Phi) is 3.64. The van der Waals surface area contributed by atoms with E-state index in [0.717, 1.165) is 18.4 Å². The van der Waals surface area contributed by atoms with Crippen molar-refractivity contribution >= 4 is 21.8 Å². The molecule has 1 fully saturated rings. The SMILES string of the molecule is Cc1ccc(C(=O)NC2CCCC2Br)cc1. The van der Waals surface area contributed by atoms with E-state index in [0.29, 0.717) is 4.83 Å². The molecule has 0 bridgehead atoms. The Balaban J connectivity index is 2.00. The first-order chi connectivity index (χ1) is 7.66. The van der Waals surface area contributed by atoms with Crippen molar-refractivity contribution in [3.63, 3.8) is 0 Å². The predicted octanol–water partition coefficient (Wildman–Crippen LogP) is 3.04. The van der Waals surface area contributed by atoms with Crippen LogP contribution in [0.2, 0.25) is 0 Å². The van der Waals surface area contributed by atoms with Crippen LogP contribution in [0.5, 0.6) is 0 Å². The van der Waals surface area contributed by atoms with Crippen LogP contribution in [0.3, 0.4) is 0 Å². The van der Waals surface area contributed by atoms with E-state index in [9.17, 15) is 4.79 Å². The third-order valence-corrected chi connectivity index (χ3v) is 4.16. The summed E-state index contributed by atoms with van der Waals surface area (Å²) in [6.07, 6.45) is 3.42. The van der Waals surface area contributed by atoms with Gasteiger partial charge in [0.1, 0.15) is 0 Å². The van der Waals surface area contributed by atoms with Gasteiger partial charge in [-0.05, 0) is 31.9 Å². The maximum absolute atomic E-state index is 11.9. The second-order valence-electron chi connectivity index (χ2n) is 4.39. The standard InChI is InChI=1S/C13H16BrNO/c1-9-5-7-10(8-6-9)13(16)15-12-4-2-3-11(12)14/h5-8,11-12H,2-4H2,1H3,(H,15,16). The van der Waals surface area contributed by atoms with Crippen LogP contribution in [0, 0.1) is 6.92 Å². The number of nitrogens with one attached hydrogen (secondary N) is 1. The number of carbonyl (C=O) groups excluding carboxylic acids is 1. The third-order valence-electron chi connectivity index (χ3n) is 3.06. The number of amides is 1. The number of aryl methyl sites for hydroxylation is 1. The molecule has 2 rings (SSSR count). The highest BCUT2D eigenvalue weighted by molar-refractivity contribution is 9.09.